The van der Waals surface area contributed by atoms with Crippen LogP contribution in [0, 0.1) is 0 Å². The van der Waals surface area contributed by atoms with Gasteiger partial charge in [0.15, 0.2) is 0 Å². The van der Waals surface area contributed by atoms with Gasteiger partial charge >= 0.3 is 0 Å². The Bertz CT molecular complexity index is 179. The topological polar surface area (TPSA) is 94.8 Å². The molecule has 0 radical (unpaired) electrons. The average Bonchev–Trinajstić information content (AvgIpc) is 1.85. The fraction of sp³-hybridized carbons (Fsp3) is 1.00. The van der Waals surface area contributed by atoms with E-state index in [4.69, 9.17) is 14.8 Å². The van der Waals surface area contributed by atoms with Gasteiger partial charge in [-0.2, -0.15) is 8.42 Å². The van der Waals surface area contributed by atoms with E-state index in [1.807, 2.05) is 0 Å². The minimum atomic E-state index is -4.11. The Morgan fingerprint density at radius 1 is 1.09 bits per heavy atom. The molecule has 5 nitrogen and oxygen atoms in total. The molecule has 0 unspecified atom stereocenters. The van der Waals surface area contributed by atoms with Crippen LogP contribution in [0.4, 0.5) is 0 Å². The summed E-state index contributed by atoms with van der Waals surface area (Å²) in [6.45, 7) is -0.630. The van der Waals surface area contributed by atoms with Crippen LogP contribution in [-0.4, -0.2) is 41.6 Å². The molecule has 0 rings (SSSR count). The molecule has 0 saturated carbocycles. The van der Waals surface area contributed by atoms with Crippen LogP contribution in [0.15, 0.2) is 0 Å². The van der Waals surface area contributed by atoms with Gasteiger partial charge in [0.05, 0.1) is 5.25 Å². The summed E-state index contributed by atoms with van der Waals surface area (Å²) in [5, 5.41) is 15.7. The number of aliphatic hydroxyl groups excluding tert-OH is 2. The van der Waals surface area contributed by atoms with Gasteiger partial charge < -0.3 is 10.2 Å². The van der Waals surface area contributed by atoms with Gasteiger partial charge in [0, 0.05) is 13.2 Å². The van der Waals surface area contributed by atoms with Crippen molar-refractivity contribution in [3.8, 4) is 0 Å². The lowest BCUT2D eigenvalue weighted by atomic mass is 10.2. The molecule has 0 aromatic rings. The molecule has 0 heterocycles. The summed E-state index contributed by atoms with van der Waals surface area (Å²) in [5.41, 5.74) is 0. The highest BCUT2D eigenvalue weighted by molar-refractivity contribution is 7.86. The first-order valence-electron chi connectivity index (χ1n) is 3.20. The van der Waals surface area contributed by atoms with Crippen molar-refractivity contribution in [1.29, 1.82) is 0 Å². The van der Waals surface area contributed by atoms with Gasteiger partial charge in [-0.1, -0.05) is 0 Å². The summed E-state index contributed by atoms with van der Waals surface area (Å²) in [7, 11) is -4.11. The first-order chi connectivity index (χ1) is 5.02. The van der Waals surface area contributed by atoms with Gasteiger partial charge in [-0.05, 0) is 12.8 Å². The third kappa shape index (κ3) is 4.31. The second-order valence-corrected chi connectivity index (χ2v) is 3.86. The fourth-order valence-corrected chi connectivity index (χ4v) is 1.54. The minimum absolute atomic E-state index is 0.0423. The third-order valence-corrected chi connectivity index (χ3v) is 2.64. The second-order valence-electron chi connectivity index (χ2n) is 2.16. The number of hydrogen-bond donors (Lipinski definition) is 3. The van der Waals surface area contributed by atoms with E-state index in [2.05, 4.69) is 0 Å². The minimum Gasteiger partial charge on any atom is -0.396 e. The summed E-state index contributed by atoms with van der Waals surface area (Å²) in [5.74, 6) is 0. The second kappa shape index (κ2) is 4.66. The van der Waals surface area contributed by atoms with Crippen molar-refractivity contribution in [2.75, 3.05) is 13.2 Å². The number of hydrogen-bond acceptors (Lipinski definition) is 4. The van der Waals surface area contributed by atoms with Crippen LogP contribution in [0.2, 0.25) is 0 Å². The molecule has 6 heteroatoms. The zero-order valence-corrected chi connectivity index (χ0v) is 6.79. The van der Waals surface area contributed by atoms with Gasteiger partial charge in [0.25, 0.3) is 10.1 Å². The maximum absolute atomic E-state index is 10.4. The van der Waals surface area contributed by atoms with Gasteiger partial charge in [-0.15, -0.1) is 0 Å². The summed E-state index contributed by atoms with van der Waals surface area (Å²) >= 11 is 0. The monoisotopic (exact) mass is 184 g/mol. The van der Waals surface area contributed by atoms with E-state index in [0.717, 1.165) is 0 Å². The molecule has 0 atom stereocenters. The molecule has 0 spiro atoms. The molecule has 68 valence electrons. The molecule has 0 aromatic heterocycles. The Morgan fingerprint density at radius 2 is 1.45 bits per heavy atom. The molecule has 0 bridgehead atoms. The lowest BCUT2D eigenvalue weighted by Crippen LogP contribution is -2.22. The fourth-order valence-electron chi connectivity index (χ4n) is 0.730. The number of aliphatic hydroxyl groups is 2. The van der Waals surface area contributed by atoms with E-state index >= 15 is 0 Å². The normalized spacial score (nSPS) is 12.4. The molecule has 0 aliphatic carbocycles. The number of rotatable bonds is 5. The zero-order valence-electron chi connectivity index (χ0n) is 5.97. The standard InChI is InChI=1S/C5H12O5S/c6-3-1-5(2-4-7)11(8,9)10/h5-7H,1-4H2,(H,8,9,10). The Hall–Kier alpha value is -0.170. The van der Waals surface area contributed by atoms with Crippen molar-refractivity contribution in [1.82, 2.24) is 0 Å². The van der Waals surface area contributed by atoms with E-state index in [0.29, 0.717) is 0 Å². The maximum Gasteiger partial charge on any atom is 0.267 e. The molecule has 3 N–H and O–H groups in total. The van der Waals surface area contributed by atoms with Crippen molar-refractivity contribution in [2.24, 2.45) is 0 Å². The lowest BCUT2D eigenvalue weighted by Gasteiger charge is -2.09. The molecular weight excluding hydrogens is 172 g/mol. The Balaban J connectivity index is 4.11. The van der Waals surface area contributed by atoms with Gasteiger partial charge in [0.2, 0.25) is 0 Å². The van der Waals surface area contributed by atoms with Crippen LogP contribution in [0.1, 0.15) is 12.8 Å². The summed E-state index contributed by atoms with van der Waals surface area (Å²) in [6.07, 6.45) is -0.0845. The van der Waals surface area contributed by atoms with E-state index in [1.165, 1.54) is 0 Å². The first-order valence-corrected chi connectivity index (χ1v) is 4.70. The molecule has 0 saturated heterocycles. The van der Waals surface area contributed by atoms with Crippen molar-refractivity contribution in [3.05, 3.63) is 0 Å². The lowest BCUT2D eigenvalue weighted by molar-refractivity contribution is 0.253. The molecule has 0 amide bonds. The van der Waals surface area contributed by atoms with E-state index in [1.54, 1.807) is 0 Å². The van der Waals surface area contributed by atoms with E-state index < -0.39 is 15.4 Å². The van der Waals surface area contributed by atoms with Crippen molar-refractivity contribution in [3.63, 3.8) is 0 Å². The van der Waals surface area contributed by atoms with Gasteiger partial charge in [-0.25, -0.2) is 0 Å². The average molecular weight is 184 g/mol. The molecule has 0 fully saturated rings. The van der Waals surface area contributed by atoms with E-state index in [-0.39, 0.29) is 26.1 Å². The molecule has 0 aliphatic heterocycles. The highest BCUT2D eigenvalue weighted by Crippen LogP contribution is 2.07. The summed E-state index contributed by atoms with van der Waals surface area (Å²) in [6, 6.07) is 0. The zero-order chi connectivity index (χ0) is 8.91. The Labute approximate surface area is 65.4 Å². The van der Waals surface area contributed by atoms with Crippen molar-refractivity contribution < 1.29 is 23.2 Å². The Kier molecular flexibility index (Phi) is 4.58. The van der Waals surface area contributed by atoms with Crippen LogP contribution in [0.3, 0.4) is 0 Å². The predicted molar refractivity (Wildman–Crippen MR) is 38.7 cm³/mol. The largest absolute Gasteiger partial charge is 0.396 e. The first kappa shape index (κ1) is 10.8. The third-order valence-electron chi connectivity index (χ3n) is 1.32. The summed E-state index contributed by atoms with van der Waals surface area (Å²) < 4.78 is 29.4. The highest BCUT2D eigenvalue weighted by atomic mass is 32.2. The van der Waals surface area contributed by atoms with Crippen LogP contribution >= 0.6 is 0 Å². The van der Waals surface area contributed by atoms with Gasteiger partial charge in [0.1, 0.15) is 0 Å². The van der Waals surface area contributed by atoms with Crippen LogP contribution in [0.25, 0.3) is 0 Å². The molecule has 0 aliphatic rings. The quantitative estimate of drug-likeness (QED) is 0.477. The molecule has 0 aromatic carbocycles. The van der Waals surface area contributed by atoms with Crippen molar-refractivity contribution >= 4 is 10.1 Å². The van der Waals surface area contributed by atoms with Crippen LogP contribution in [0.5, 0.6) is 0 Å². The van der Waals surface area contributed by atoms with E-state index in [9.17, 15) is 8.42 Å². The molecule has 11 heavy (non-hydrogen) atoms. The predicted octanol–water partition coefficient (Wildman–Crippen LogP) is -0.992. The van der Waals surface area contributed by atoms with Gasteiger partial charge in [-0.3, -0.25) is 4.55 Å². The maximum atomic E-state index is 10.4. The molecular formula is C5H12O5S. The summed E-state index contributed by atoms with van der Waals surface area (Å²) in [4.78, 5) is 0. The highest BCUT2D eigenvalue weighted by Gasteiger charge is 2.21. The van der Waals surface area contributed by atoms with Crippen molar-refractivity contribution in [2.45, 2.75) is 18.1 Å². The Morgan fingerprint density at radius 3 is 1.64 bits per heavy atom. The smallest absolute Gasteiger partial charge is 0.267 e. The SMILES string of the molecule is O=S(=O)(O)C(CCO)CCO. The van der Waals surface area contributed by atoms with Crippen LogP contribution < -0.4 is 0 Å². The van der Waals surface area contributed by atoms with Crippen LogP contribution in [-0.2, 0) is 10.1 Å².